The van der Waals surface area contributed by atoms with Crippen LogP contribution in [0.3, 0.4) is 0 Å². The minimum Gasteiger partial charge on any atom is -0.352 e. The SMILES string of the molecule is CCCCNC(=O)c1cc(S(=O)(=O)NC)c(Cl)cc1Cl. The van der Waals surface area contributed by atoms with Gasteiger partial charge < -0.3 is 5.32 Å². The lowest BCUT2D eigenvalue weighted by Crippen LogP contribution is -2.25. The van der Waals surface area contributed by atoms with Crippen molar-refractivity contribution >= 4 is 39.1 Å². The second kappa shape index (κ2) is 7.26. The average molecular weight is 339 g/mol. The summed E-state index contributed by atoms with van der Waals surface area (Å²) in [6, 6.07) is 2.43. The molecule has 5 nitrogen and oxygen atoms in total. The molecule has 0 aliphatic rings. The van der Waals surface area contributed by atoms with E-state index in [1.165, 1.54) is 19.2 Å². The number of benzene rings is 1. The van der Waals surface area contributed by atoms with Gasteiger partial charge >= 0.3 is 0 Å². The summed E-state index contributed by atoms with van der Waals surface area (Å²) in [4.78, 5) is 11.8. The maximum atomic E-state index is 12.0. The van der Waals surface area contributed by atoms with Crippen molar-refractivity contribution in [2.24, 2.45) is 0 Å². The first-order valence-corrected chi connectivity index (χ1v) is 8.28. The summed E-state index contributed by atoms with van der Waals surface area (Å²) in [5.41, 5.74) is 0.0843. The topological polar surface area (TPSA) is 75.3 Å². The van der Waals surface area contributed by atoms with E-state index in [4.69, 9.17) is 23.2 Å². The lowest BCUT2D eigenvalue weighted by atomic mass is 10.2. The molecule has 112 valence electrons. The highest BCUT2D eigenvalue weighted by molar-refractivity contribution is 7.89. The van der Waals surface area contributed by atoms with Crippen LogP contribution in [-0.4, -0.2) is 27.9 Å². The highest BCUT2D eigenvalue weighted by Crippen LogP contribution is 2.28. The van der Waals surface area contributed by atoms with Gasteiger partial charge in [-0.05, 0) is 25.6 Å². The molecule has 8 heteroatoms. The first-order chi connectivity index (χ1) is 9.33. The van der Waals surface area contributed by atoms with Gasteiger partial charge in [0.25, 0.3) is 5.91 Å². The Morgan fingerprint density at radius 1 is 1.25 bits per heavy atom. The quantitative estimate of drug-likeness (QED) is 0.782. The van der Waals surface area contributed by atoms with Gasteiger partial charge in [0.2, 0.25) is 10.0 Å². The fraction of sp³-hybridized carbons (Fsp3) is 0.417. The van der Waals surface area contributed by atoms with Gasteiger partial charge in [-0.25, -0.2) is 13.1 Å². The van der Waals surface area contributed by atoms with Crippen LogP contribution in [0.4, 0.5) is 0 Å². The molecule has 0 spiro atoms. The molecule has 0 radical (unpaired) electrons. The molecule has 0 aromatic heterocycles. The molecule has 0 aliphatic heterocycles. The number of unbranched alkanes of at least 4 members (excludes halogenated alkanes) is 1. The number of nitrogens with one attached hydrogen (secondary N) is 2. The first-order valence-electron chi connectivity index (χ1n) is 6.04. The number of amides is 1. The van der Waals surface area contributed by atoms with E-state index in [0.29, 0.717) is 6.54 Å². The van der Waals surface area contributed by atoms with Crippen LogP contribution in [0, 0.1) is 0 Å². The summed E-state index contributed by atoms with van der Waals surface area (Å²) >= 11 is 11.8. The third-order valence-corrected chi connectivity index (χ3v) is 4.83. The summed E-state index contributed by atoms with van der Waals surface area (Å²) < 4.78 is 25.7. The van der Waals surface area contributed by atoms with Crippen molar-refractivity contribution in [3.63, 3.8) is 0 Å². The molecular formula is C12H16Cl2N2O3S. The van der Waals surface area contributed by atoms with Crippen molar-refractivity contribution in [3.8, 4) is 0 Å². The molecular weight excluding hydrogens is 323 g/mol. The van der Waals surface area contributed by atoms with E-state index >= 15 is 0 Å². The number of hydrogen-bond donors (Lipinski definition) is 2. The number of rotatable bonds is 6. The van der Waals surface area contributed by atoms with Crippen LogP contribution in [0.25, 0.3) is 0 Å². The molecule has 1 amide bonds. The molecule has 0 saturated carbocycles. The zero-order valence-electron chi connectivity index (χ0n) is 11.2. The fourth-order valence-electron chi connectivity index (χ4n) is 1.49. The maximum absolute atomic E-state index is 12.0. The molecule has 20 heavy (non-hydrogen) atoms. The summed E-state index contributed by atoms with van der Waals surface area (Å²) in [5.74, 6) is -0.423. The van der Waals surface area contributed by atoms with Gasteiger partial charge in [-0.3, -0.25) is 4.79 Å². The Balaban J connectivity index is 3.15. The van der Waals surface area contributed by atoms with Crippen molar-refractivity contribution in [1.82, 2.24) is 10.0 Å². The highest BCUT2D eigenvalue weighted by atomic mass is 35.5. The predicted octanol–water partition coefficient (Wildman–Crippen LogP) is 2.43. The monoisotopic (exact) mass is 338 g/mol. The van der Waals surface area contributed by atoms with E-state index in [0.717, 1.165) is 12.8 Å². The van der Waals surface area contributed by atoms with Crippen molar-refractivity contribution in [1.29, 1.82) is 0 Å². The Morgan fingerprint density at radius 3 is 2.45 bits per heavy atom. The van der Waals surface area contributed by atoms with Gasteiger partial charge in [-0.15, -0.1) is 0 Å². The summed E-state index contributed by atoms with van der Waals surface area (Å²) in [6.45, 7) is 2.50. The molecule has 0 aliphatic carbocycles. The summed E-state index contributed by atoms with van der Waals surface area (Å²) in [7, 11) is -2.48. The van der Waals surface area contributed by atoms with Crippen molar-refractivity contribution in [2.75, 3.05) is 13.6 Å². The number of carbonyl (C=O) groups is 1. The van der Waals surface area contributed by atoms with Crippen molar-refractivity contribution < 1.29 is 13.2 Å². The van der Waals surface area contributed by atoms with Gasteiger partial charge in [0.05, 0.1) is 15.6 Å². The van der Waals surface area contributed by atoms with Gasteiger partial charge in [-0.1, -0.05) is 36.5 Å². The normalized spacial score (nSPS) is 11.4. The van der Waals surface area contributed by atoms with E-state index in [1.54, 1.807) is 0 Å². The number of hydrogen-bond acceptors (Lipinski definition) is 3. The summed E-state index contributed by atoms with van der Waals surface area (Å²) in [5, 5.41) is 2.75. The average Bonchev–Trinajstić information content (AvgIpc) is 2.38. The Labute approximate surface area is 128 Å². The molecule has 1 rings (SSSR count). The van der Waals surface area contributed by atoms with Crippen molar-refractivity contribution in [2.45, 2.75) is 24.7 Å². The zero-order valence-corrected chi connectivity index (χ0v) is 13.5. The Hall–Kier alpha value is -0.820. The van der Waals surface area contributed by atoms with Gasteiger partial charge in [0, 0.05) is 6.54 Å². The fourth-order valence-corrected chi connectivity index (χ4v) is 3.08. The largest absolute Gasteiger partial charge is 0.352 e. The van der Waals surface area contributed by atoms with Crippen LogP contribution >= 0.6 is 23.2 Å². The molecule has 0 heterocycles. The second-order valence-corrected chi connectivity index (χ2v) is 6.75. The molecule has 0 atom stereocenters. The van der Waals surface area contributed by atoms with Crippen LogP contribution in [0.1, 0.15) is 30.1 Å². The maximum Gasteiger partial charge on any atom is 0.252 e. The molecule has 0 bridgehead atoms. The lowest BCUT2D eigenvalue weighted by Gasteiger charge is -2.10. The molecule has 1 aromatic carbocycles. The number of sulfonamides is 1. The first kappa shape index (κ1) is 17.2. The predicted molar refractivity (Wildman–Crippen MR) is 79.9 cm³/mol. The van der Waals surface area contributed by atoms with E-state index in [-0.39, 0.29) is 20.5 Å². The van der Waals surface area contributed by atoms with Gasteiger partial charge in [0.15, 0.2) is 0 Å². The van der Waals surface area contributed by atoms with Crippen molar-refractivity contribution in [3.05, 3.63) is 27.7 Å². The Bertz CT molecular complexity index is 603. The summed E-state index contributed by atoms with van der Waals surface area (Å²) in [6.07, 6.45) is 1.77. The van der Waals surface area contributed by atoms with E-state index in [1.807, 2.05) is 6.92 Å². The van der Waals surface area contributed by atoms with E-state index in [2.05, 4.69) is 10.0 Å². The second-order valence-electron chi connectivity index (χ2n) is 4.08. The van der Waals surface area contributed by atoms with Crippen LogP contribution < -0.4 is 10.0 Å². The smallest absolute Gasteiger partial charge is 0.252 e. The van der Waals surface area contributed by atoms with Crippen LogP contribution in [-0.2, 0) is 10.0 Å². The van der Waals surface area contributed by atoms with E-state index in [9.17, 15) is 13.2 Å². The molecule has 1 aromatic rings. The van der Waals surface area contributed by atoms with Gasteiger partial charge in [0.1, 0.15) is 4.90 Å². The van der Waals surface area contributed by atoms with E-state index < -0.39 is 15.9 Å². The van der Waals surface area contributed by atoms with Gasteiger partial charge in [-0.2, -0.15) is 0 Å². The van der Waals surface area contributed by atoms with Crippen LogP contribution in [0.2, 0.25) is 10.0 Å². The molecule has 0 saturated heterocycles. The zero-order chi connectivity index (χ0) is 15.3. The minimum atomic E-state index is -3.75. The standard InChI is InChI=1S/C12H16Cl2N2O3S/c1-3-4-5-16-12(17)8-6-11(20(18,19)15-2)10(14)7-9(8)13/h6-7,15H,3-5H2,1-2H3,(H,16,17). The van der Waals surface area contributed by atoms with Crippen LogP contribution in [0.5, 0.6) is 0 Å². The number of halogens is 2. The number of carbonyl (C=O) groups excluding carboxylic acids is 1. The Kier molecular flexibility index (Phi) is 6.26. The molecule has 0 fully saturated rings. The molecule has 2 N–H and O–H groups in total. The highest BCUT2D eigenvalue weighted by Gasteiger charge is 2.21. The molecule has 0 unspecified atom stereocenters. The third-order valence-electron chi connectivity index (χ3n) is 2.64. The van der Waals surface area contributed by atoms with Crippen LogP contribution in [0.15, 0.2) is 17.0 Å². The lowest BCUT2D eigenvalue weighted by molar-refractivity contribution is 0.0953. The third kappa shape index (κ3) is 4.09. The minimum absolute atomic E-state index is 0.0329. The Morgan fingerprint density at radius 2 is 1.90 bits per heavy atom.